The van der Waals surface area contributed by atoms with E-state index >= 15 is 0 Å². The molecule has 2 amide bonds. The largest absolute Gasteiger partial charge is 0.465 e. The topological polar surface area (TPSA) is 160 Å². The molecule has 0 aliphatic heterocycles. The molecule has 2 aromatic heterocycles. The van der Waals surface area contributed by atoms with E-state index < -0.39 is 17.7 Å². The third-order valence-corrected chi connectivity index (χ3v) is 10.3. The van der Waals surface area contributed by atoms with Crippen molar-refractivity contribution < 1.29 is 28.6 Å². The number of thioether (sulfide) groups is 1. The maximum Gasteiger partial charge on any atom is 0.408 e. The van der Waals surface area contributed by atoms with Crippen LogP contribution in [-0.2, 0) is 37.0 Å². The van der Waals surface area contributed by atoms with Gasteiger partial charge in [0.05, 0.1) is 11.0 Å². The Morgan fingerprint density at radius 1 is 0.891 bits per heavy atom. The molecule has 0 saturated carbocycles. The van der Waals surface area contributed by atoms with Crippen LogP contribution >= 0.6 is 11.8 Å². The van der Waals surface area contributed by atoms with Crippen molar-refractivity contribution in [2.24, 2.45) is 0 Å². The minimum absolute atomic E-state index is 0.188. The van der Waals surface area contributed by atoms with Crippen molar-refractivity contribution in [3.05, 3.63) is 30.1 Å². The molecule has 0 aliphatic carbocycles. The van der Waals surface area contributed by atoms with E-state index in [0.29, 0.717) is 62.0 Å². The summed E-state index contributed by atoms with van der Waals surface area (Å²) in [5.41, 5.74) is 7.89. The second-order valence-corrected chi connectivity index (χ2v) is 16.3. The number of nitrogens with one attached hydrogen (secondary N) is 2. The van der Waals surface area contributed by atoms with Crippen LogP contribution in [0.5, 0.6) is 0 Å². The maximum atomic E-state index is 13.4. The SMILES string of the molecule is CCCCCCCCCCCCCCCC(=O)OCCSC[C@H](NC(=O)OC(C)(C)C)C(=O)NCCCn1c(COCC)nc2c(N)nc3ccccc3c21. The Morgan fingerprint density at radius 3 is 2.20 bits per heavy atom. The van der Waals surface area contributed by atoms with Crippen molar-refractivity contribution in [2.45, 2.75) is 156 Å². The van der Waals surface area contributed by atoms with Gasteiger partial charge in [0, 0.05) is 43.0 Å². The first-order valence-corrected chi connectivity index (χ1v) is 21.8. The van der Waals surface area contributed by atoms with E-state index in [1.807, 2.05) is 31.2 Å². The molecule has 55 heavy (non-hydrogen) atoms. The average Bonchev–Trinajstić information content (AvgIpc) is 3.52. The number of esters is 1. The van der Waals surface area contributed by atoms with Gasteiger partial charge < -0.3 is 35.1 Å². The lowest BCUT2D eigenvalue weighted by atomic mass is 10.0. The van der Waals surface area contributed by atoms with E-state index in [0.717, 1.165) is 41.5 Å². The number of carbonyl (C=O) groups is 3. The van der Waals surface area contributed by atoms with Gasteiger partial charge in [-0.25, -0.2) is 14.8 Å². The Morgan fingerprint density at radius 2 is 1.55 bits per heavy atom. The first-order valence-electron chi connectivity index (χ1n) is 20.7. The Hall–Kier alpha value is -3.58. The Balaban J connectivity index is 1.41. The van der Waals surface area contributed by atoms with Crippen molar-refractivity contribution in [1.82, 2.24) is 25.2 Å². The summed E-state index contributed by atoms with van der Waals surface area (Å²) in [5, 5.41) is 6.64. The zero-order valence-corrected chi connectivity index (χ0v) is 35.0. The first-order chi connectivity index (χ1) is 26.5. The monoisotopic (exact) mass is 784 g/mol. The number of ether oxygens (including phenoxy) is 3. The van der Waals surface area contributed by atoms with E-state index in [1.165, 1.54) is 76.0 Å². The molecule has 1 atom stereocenters. The number of para-hydroxylation sites is 1. The second-order valence-electron chi connectivity index (χ2n) is 15.2. The number of nitrogens with zero attached hydrogens (tertiary/aromatic N) is 3. The molecule has 0 saturated heterocycles. The van der Waals surface area contributed by atoms with Crippen molar-refractivity contribution >= 4 is 57.5 Å². The van der Waals surface area contributed by atoms with Crippen LogP contribution < -0.4 is 16.4 Å². The van der Waals surface area contributed by atoms with Crippen LogP contribution in [0.3, 0.4) is 0 Å². The van der Waals surface area contributed by atoms with Gasteiger partial charge in [0.1, 0.15) is 36.2 Å². The number of pyridine rings is 1. The number of fused-ring (bicyclic) bond motifs is 3. The number of nitrogen functional groups attached to an aromatic ring is 1. The third-order valence-electron chi connectivity index (χ3n) is 9.25. The fourth-order valence-electron chi connectivity index (χ4n) is 6.43. The van der Waals surface area contributed by atoms with Crippen molar-refractivity contribution in [3.8, 4) is 0 Å². The highest BCUT2D eigenvalue weighted by atomic mass is 32.2. The second kappa shape index (κ2) is 25.6. The molecule has 0 fully saturated rings. The zero-order valence-electron chi connectivity index (χ0n) is 34.2. The highest BCUT2D eigenvalue weighted by Gasteiger charge is 2.25. The molecule has 3 aromatic rings. The maximum absolute atomic E-state index is 13.4. The van der Waals surface area contributed by atoms with Gasteiger partial charge in [-0.2, -0.15) is 11.8 Å². The van der Waals surface area contributed by atoms with E-state index in [2.05, 4.69) is 27.1 Å². The van der Waals surface area contributed by atoms with Gasteiger partial charge in [-0.1, -0.05) is 102 Å². The van der Waals surface area contributed by atoms with Crippen LogP contribution in [0.2, 0.25) is 0 Å². The third kappa shape index (κ3) is 17.4. The van der Waals surface area contributed by atoms with Crippen molar-refractivity contribution in [3.63, 3.8) is 0 Å². The quantitative estimate of drug-likeness (QED) is 0.0480. The molecule has 308 valence electrons. The van der Waals surface area contributed by atoms with Crippen LogP contribution in [0.25, 0.3) is 21.9 Å². The standard InChI is InChI=1S/C42H68N6O6S/c1-6-8-9-10-11-12-13-14-15-16-17-18-19-25-36(49)53-28-29-55-31-34(46-41(51)54-42(3,4)5)40(50)44-26-22-27-48-35(30-52-7-2)47-37-38(48)32-23-20-21-24-33(32)45-39(37)43/h20-21,23-24,34H,6-19,22,25-31H2,1-5H3,(H2,43,45)(H,44,50)(H,46,51)/t34-/m0/s1. The van der Waals surface area contributed by atoms with Crippen molar-refractivity contribution in [2.75, 3.05) is 37.0 Å². The molecule has 0 bridgehead atoms. The Bertz CT molecular complexity index is 1590. The number of hydrogen-bond donors (Lipinski definition) is 3. The molecule has 1 aromatic carbocycles. The van der Waals surface area contributed by atoms with Gasteiger partial charge in [-0.15, -0.1) is 0 Å². The summed E-state index contributed by atoms with van der Waals surface area (Å²) >= 11 is 1.44. The number of aromatic nitrogens is 3. The van der Waals surface area contributed by atoms with Crippen molar-refractivity contribution in [1.29, 1.82) is 0 Å². The molecular formula is C42H68N6O6S. The summed E-state index contributed by atoms with van der Waals surface area (Å²) in [4.78, 5) is 47.6. The van der Waals surface area contributed by atoms with Gasteiger partial charge in [0.25, 0.3) is 0 Å². The molecule has 13 heteroatoms. The van der Waals surface area contributed by atoms with E-state index in [1.54, 1.807) is 20.8 Å². The molecule has 0 spiro atoms. The number of hydrogen-bond acceptors (Lipinski definition) is 10. The van der Waals surface area contributed by atoms with Crippen LogP contribution in [0.15, 0.2) is 24.3 Å². The van der Waals surface area contributed by atoms with Crippen LogP contribution in [-0.4, -0.2) is 75.4 Å². The summed E-state index contributed by atoms with van der Waals surface area (Å²) in [6.07, 6.45) is 16.7. The molecule has 0 radical (unpaired) electrons. The summed E-state index contributed by atoms with van der Waals surface area (Å²) < 4.78 is 18.7. The number of benzene rings is 1. The lowest BCUT2D eigenvalue weighted by Gasteiger charge is -2.23. The smallest absolute Gasteiger partial charge is 0.408 e. The number of unbranched alkanes of at least 4 members (excludes halogenated alkanes) is 12. The number of anilines is 1. The Kier molecular flexibility index (Phi) is 21.3. The number of rotatable bonds is 28. The molecular weight excluding hydrogens is 717 g/mol. The average molecular weight is 785 g/mol. The molecule has 4 N–H and O–H groups in total. The van der Waals surface area contributed by atoms with Crippen LogP contribution in [0.1, 0.15) is 137 Å². The van der Waals surface area contributed by atoms with Gasteiger partial charge in [-0.3, -0.25) is 9.59 Å². The van der Waals surface area contributed by atoms with Gasteiger partial charge in [0.15, 0.2) is 5.82 Å². The summed E-state index contributed by atoms with van der Waals surface area (Å²) in [6, 6.07) is 6.97. The summed E-state index contributed by atoms with van der Waals surface area (Å²) in [7, 11) is 0. The lowest BCUT2D eigenvalue weighted by Crippen LogP contribution is -2.49. The highest BCUT2D eigenvalue weighted by molar-refractivity contribution is 7.99. The predicted octanol–water partition coefficient (Wildman–Crippen LogP) is 8.86. The number of imidazole rings is 1. The van der Waals surface area contributed by atoms with E-state index in [-0.39, 0.29) is 18.5 Å². The normalized spacial score (nSPS) is 12.2. The number of aryl methyl sites for hydroxylation is 1. The van der Waals surface area contributed by atoms with Gasteiger partial charge in [0.2, 0.25) is 5.91 Å². The molecule has 2 heterocycles. The summed E-state index contributed by atoms with van der Waals surface area (Å²) in [6.45, 7) is 11.5. The van der Waals surface area contributed by atoms with Crippen LogP contribution in [0, 0.1) is 0 Å². The molecule has 12 nitrogen and oxygen atoms in total. The highest BCUT2D eigenvalue weighted by Crippen LogP contribution is 2.29. The van der Waals surface area contributed by atoms with Crippen LogP contribution in [0.4, 0.5) is 10.6 Å². The molecule has 3 rings (SSSR count). The fraction of sp³-hybridized carbons (Fsp3) is 0.690. The minimum atomic E-state index is -0.834. The predicted molar refractivity (Wildman–Crippen MR) is 224 cm³/mol. The summed E-state index contributed by atoms with van der Waals surface area (Å²) in [5.74, 6) is 1.39. The Labute approximate surface area is 333 Å². The van der Waals surface area contributed by atoms with Gasteiger partial charge >= 0.3 is 12.1 Å². The number of amides is 2. The molecule has 0 aliphatic rings. The number of carbonyl (C=O) groups excluding carboxylic acids is 3. The fourth-order valence-corrected chi connectivity index (χ4v) is 7.27. The number of nitrogens with two attached hydrogens (primary N) is 1. The first kappa shape index (κ1) is 45.8. The lowest BCUT2D eigenvalue weighted by molar-refractivity contribution is -0.143. The van der Waals surface area contributed by atoms with E-state index in [4.69, 9.17) is 24.9 Å². The van der Waals surface area contributed by atoms with E-state index in [9.17, 15) is 14.4 Å². The number of alkyl carbamates (subject to hydrolysis) is 1. The van der Waals surface area contributed by atoms with Gasteiger partial charge in [-0.05, 0) is 46.6 Å². The minimum Gasteiger partial charge on any atom is -0.465 e. The zero-order chi connectivity index (χ0) is 39.9. The molecule has 0 unspecified atom stereocenters.